The van der Waals surface area contributed by atoms with Gasteiger partial charge in [-0.25, -0.2) is 4.98 Å². The number of halogens is 3. The van der Waals surface area contributed by atoms with Crippen molar-refractivity contribution in [3.8, 4) is 5.75 Å². The number of nitrogens with one attached hydrogen (secondary N) is 2. The van der Waals surface area contributed by atoms with Crippen LogP contribution in [0, 0.1) is 0 Å². The molecular weight excluding hydrogens is 413 g/mol. The Morgan fingerprint density at radius 1 is 1.32 bits per heavy atom. The molecule has 0 saturated carbocycles. The SMILES string of the molecule is C[C@@H](Sc1n[nH]c(Cc2cccs2)n1)C(=O)Nc1ccc(OC(F)(F)F)cc1. The Labute approximate surface area is 166 Å². The fourth-order valence-corrected chi connectivity index (χ4v) is 3.64. The molecule has 2 aromatic heterocycles. The van der Waals surface area contributed by atoms with Gasteiger partial charge in [0.05, 0.1) is 5.25 Å². The Hall–Kier alpha value is -2.53. The summed E-state index contributed by atoms with van der Waals surface area (Å²) in [6.07, 6.45) is -4.12. The molecule has 148 valence electrons. The summed E-state index contributed by atoms with van der Waals surface area (Å²) in [4.78, 5) is 17.8. The number of aromatic amines is 1. The molecule has 0 radical (unpaired) electrons. The number of nitrogens with zero attached hydrogens (tertiary/aromatic N) is 2. The van der Waals surface area contributed by atoms with Gasteiger partial charge in [-0.15, -0.1) is 29.6 Å². The topological polar surface area (TPSA) is 79.9 Å². The highest BCUT2D eigenvalue weighted by Gasteiger charge is 2.31. The van der Waals surface area contributed by atoms with Crippen LogP contribution in [0.3, 0.4) is 0 Å². The zero-order chi connectivity index (χ0) is 20.1. The summed E-state index contributed by atoms with van der Waals surface area (Å²) in [6, 6.07) is 8.89. The number of H-pyrrole nitrogens is 1. The molecule has 6 nitrogen and oxygen atoms in total. The quantitative estimate of drug-likeness (QED) is 0.543. The van der Waals surface area contributed by atoms with E-state index < -0.39 is 11.6 Å². The Bertz CT molecular complexity index is 911. The monoisotopic (exact) mass is 428 g/mol. The summed E-state index contributed by atoms with van der Waals surface area (Å²) in [7, 11) is 0. The first-order valence-corrected chi connectivity index (χ1v) is 9.81. The first-order chi connectivity index (χ1) is 13.3. The first-order valence-electron chi connectivity index (χ1n) is 8.05. The average Bonchev–Trinajstić information content (AvgIpc) is 3.28. The van der Waals surface area contributed by atoms with Crippen LogP contribution in [0.5, 0.6) is 5.75 Å². The standard InChI is InChI=1S/C17H15F3N4O2S2/c1-10(28-16-22-14(23-24-16)9-13-3-2-8-27-13)15(25)21-11-4-6-12(7-5-11)26-17(18,19)20/h2-8,10H,9H2,1H3,(H,21,25)(H,22,23,24)/t10-/m1/s1. The predicted molar refractivity (Wildman–Crippen MR) is 101 cm³/mol. The summed E-state index contributed by atoms with van der Waals surface area (Å²) < 4.78 is 40.3. The molecular formula is C17H15F3N4O2S2. The lowest BCUT2D eigenvalue weighted by atomic mass is 10.3. The van der Waals surface area contributed by atoms with Gasteiger partial charge in [0.25, 0.3) is 0 Å². The van der Waals surface area contributed by atoms with Crippen LogP contribution in [0.15, 0.2) is 46.9 Å². The number of amides is 1. The fourth-order valence-electron chi connectivity index (χ4n) is 2.18. The van der Waals surface area contributed by atoms with Crippen LogP contribution in [0.2, 0.25) is 0 Å². The molecule has 1 aromatic carbocycles. The van der Waals surface area contributed by atoms with Crippen LogP contribution in [-0.2, 0) is 11.2 Å². The summed E-state index contributed by atoms with van der Waals surface area (Å²) in [6.45, 7) is 1.69. The number of thiophene rings is 1. The number of carbonyl (C=O) groups excluding carboxylic acids is 1. The minimum absolute atomic E-state index is 0.320. The number of aromatic nitrogens is 3. The number of benzene rings is 1. The highest BCUT2D eigenvalue weighted by Crippen LogP contribution is 2.25. The molecule has 2 N–H and O–H groups in total. The summed E-state index contributed by atoms with van der Waals surface area (Å²) in [5, 5.41) is 11.5. The zero-order valence-electron chi connectivity index (χ0n) is 14.5. The van der Waals surface area contributed by atoms with Gasteiger partial charge >= 0.3 is 6.36 Å². The number of thioether (sulfide) groups is 1. The van der Waals surface area contributed by atoms with Crippen LogP contribution < -0.4 is 10.1 Å². The van der Waals surface area contributed by atoms with E-state index >= 15 is 0 Å². The molecule has 11 heteroatoms. The molecule has 0 fully saturated rings. The number of ether oxygens (including phenoxy) is 1. The van der Waals surface area contributed by atoms with Crippen molar-refractivity contribution < 1.29 is 22.7 Å². The second kappa shape index (κ2) is 8.65. The van der Waals surface area contributed by atoms with Gasteiger partial charge in [0.2, 0.25) is 11.1 Å². The van der Waals surface area contributed by atoms with Gasteiger partial charge in [-0.05, 0) is 42.6 Å². The number of hydrogen-bond donors (Lipinski definition) is 2. The lowest BCUT2D eigenvalue weighted by Gasteiger charge is -2.12. The first kappa shape index (κ1) is 20.2. The molecule has 2 heterocycles. The van der Waals surface area contributed by atoms with Crippen molar-refractivity contribution in [2.24, 2.45) is 0 Å². The molecule has 1 amide bonds. The summed E-state index contributed by atoms with van der Waals surface area (Å²) in [5.41, 5.74) is 0.361. The van der Waals surface area contributed by atoms with Crippen LogP contribution in [0.1, 0.15) is 17.6 Å². The smallest absolute Gasteiger partial charge is 0.406 e. The second-order valence-electron chi connectivity index (χ2n) is 5.64. The Morgan fingerprint density at radius 2 is 2.07 bits per heavy atom. The minimum Gasteiger partial charge on any atom is -0.406 e. The van der Waals surface area contributed by atoms with E-state index in [1.807, 2.05) is 17.5 Å². The van der Waals surface area contributed by atoms with E-state index in [2.05, 4.69) is 25.2 Å². The maximum absolute atomic E-state index is 12.3. The molecule has 0 aliphatic carbocycles. The van der Waals surface area contributed by atoms with Crippen LogP contribution in [0.4, 0.5) is 18.9 Å². The molecule has 0 aliphatic rings. The van der Waals surface area contributed by atoms with E-state index in [-0.39, 0.29) is 11.7 Å². The number of hydrogen-bond acceptors (Lipinski definition) is 6. The van der Waals surface area contributed by atoms with Crippen molar-refractivity contribution in [2.75, 3.05) is 5.32 Å². The number of anilines is 1. The van der Waals surface area contributed by atoms with Crippen molar-refractivity contribution >= 4 is 34.7 Å². The van der Waals surface area contributed by atoms with Crippen LogP contribution in [-0.4, -0.2) is 32.7 Å². The molecule has 0 unspecified atom stereocenters. The van der Waals surface area contributed by atoms with E-state index in [0.29, 0.717) is 23.1 Å². The molecule has 0 spiro atoms. The zero-order valence-corrected chi connectivity index (χ0v) is 16.1. The highest BCUT2D eigenvalue weighted by molar-refractivity contribution is 8.00. The van der Waals surface area contributed by atoms with E-state index in [1.165, 1.54) is 23.9 Å². The summed E-state index contributed by atoms with van der Waals surface area (Å²) >= 11 is 2.80. The third-order valence-corrected chi connectivity index (χ3v) is 5.28. The maximum Gasteiger partial charge on any atom is 0.573 e. The maximum atomic E-state index is 12.3. The van der Waals surface area contributed by atoms with Gasteiger partial charge in [0.1, 0.15) is 11.6 Å². The van der Waals surface area contributed by atoms with E-state index in [0.717, 1.165) is 17.0 Å². The minimum atomic E-state index is -4.76. The van der Waals surface area contributed by atoms with E-state index in [9.17, 15) is 18.0 Å². The Kier molecular flexibility index (Phi) is 6.25. The molecule has 3 rings (SSSR count). The van der Waals surface area contributed by atoms with Crippen LogP contribution in [0.25, 0.3) is 0 Å². The summed E-state index contributed by atoms with van der Waals surface area (Å²) in [5.74, 6) is 0.0313. The number of carbonyl (C=O) groups is 1. The molecule has 3 aromatic rings. The predicted octanol–water partition coefficient (Wildman–Crippen LogP) is 4.47. The van der Waals surface area contributed by atoms with E-state index in [4.69, 9.17) is 0 Å². The largest absolute Gasteiger partial charge is 0.573 e. The third-order valence-electron chi connectivity index (χ3n) is 3.44. The Morgan fingerprint density at radius 3 is 2.71 bits per heavy atom. The van der Waals surface area contributed by atoms with E-state index in [1.54, 1.807) is 18.3 Å². The highest BCUT2D eigenvalue weighted by atomic mass is 32.2. The van der Waals surface area contributed by atoms with Gasteiger partial charge in [-0.1, -0.05) is 17.8 Å². The van der Waals surface area contributed by atoms with Gasteiger partial charge < -0.3 is 10.1 Å². The van der Waals surface area contributed by atoms with Gasteiger partial charge in [-0.2, -0.15) is 0 Å². The Balaban J connectivity index is 1.52. The molecule has 0 aliphatic heterocycles. The molecule has 0 saturated heterocycles. The fraction of sp³-hybridized carbons (Fsp3) is 0.235. The molecule has 28 heavy (non-hydrogen) atoms. The van der Waals surface area contributed by atoms with Gasteiger partial charge in [0, 0.05) is 17.0 Å². The molecule has 1 atom stereocenters. The lowest BCUT2D eigenvalue weighted by molar-refractivity contribution is -0.274. The van der Waals surface area contributed by atoms with Crippen molar-refractivity contribution in [3.05, 3.63) is 52.5 Å². The lowest BCUT2D eigenvalue weighted by Crippen LogP contribution is -2.22. The number of alkyl halides is 3. The van der Waals surface area contributed by atoms with Gasteiger partial charge in [-0.3, -0.25) is 9.89 Å². The van der Waals surface area contributed by atoms with Crippen molar-refractivity contribution in [2.45, 2.75) is 30.1 Å². The third kappa shape index (κ3) is 5.99. The van der Waals surface area contributed by atoms with Crippen molar-refractivity contribution in [3.63, 3.8) is 0 Å². The number of rotatable bonds is 7. The second-order valence-corrected chi connectivity index (χ2v) is 7.98. The molecule has 0 bridgehead atoms. The van der Waals surface area contributed by atoms with Crippen molar-refractivity contribution in [1.82, 2.24) is 15.2 Å². The van der Waals surface area contributed by atoms with Gasteiger partial charge in [0.15, 0.2) is 0 Å². The van der Waals surface area contributed by atoms with Crippen LogP contribution >= 0.6 is 23.1 Å². The normalized spacial score (nSPS) is 12.6. The average molecular weight is 428 g/mol. The van der Waals surface area contributed by atoms with Crippen molar-refractivity contribution in [1.29, 1.82) is 0 Å².